The average molecular weight is 204 g/mol. The van der Waals surface area contributed by atoms with Crippen LogP contribution in [0.25, 0.3) is 10.9 Å². The van der Waals surface area contributed by atoms with Crippen LogP contribution in [-0.4, -0.2) is 15.8 Å². The molecular weight excluding hydrogens is 196 g/mol. The van der Waals surface area contributed by atoms with E-state index in [4.69, 9.17) is 10.8 Å². The Bertz CT molecular complexity index is 601. The molecule has 0 saturated heterocycles. The third-order valence-corrected chi connectivity index (χ3v) is 2.16. The number of hydrogen-bond acceptors (Lipinski definition) is 3. The molecule has 0 aliphatic rings. The molecule has 0 radical (unpaired) electrons. The Labute approximate surface area is 84.4 Å². The second-order valence-corrected chi connectivity index (χ2v) is 3.07. The van der Waals surface area contributed by atoms with Gasteiger partial charge in [-0.1, -0.05) is 6.07 Å². The minimum absolute atomic E-state index is 0.301. The number of carboxylic acid groups (broad SMARTS) is 1. The monoisotopic (exact) mass is 204 g/mol. The maximum atomic E-state index is 11.3. The number of carbonyl (C=O) groups is 1. The van der Waals surface area contributed by atoms with Crippen LogP contribution in [0.4, 0.5) is 10.5 Å². The summed E-state index contributed by atoms with van der Waals surface area (Å²) in [6.45, 7) is 0. The maximum Gasteiger partial charge on any atom is 0.419 e. The highest BCUT2D eigenvalue weighted by Crippen LogP contribution is 2.18. The summed E-state index contributed by atoms with van der Waals surface area (Å²) in [6.07, 6.45) is -1.31. The molecule has 0 aliphatic heterocycles. The van der Waals surface area contributed by atoms with Crippen LogP contribution in [0.5, 0.6) is 0 Å². The molecule has 0 atom stereocenters. The molecule has 15 heavy (non-hydrogen) atoms. The second kappa shape index (κ2) is 3.13. The zero-order chi connectivity index (χ0) is 11.0. The Morgan fingerprint density at radius 2 is 2.00 bits per heavy atom. The quantitative estimate of drug-likeness (QED) is 0.629. The van der Waals surface area contributed by atoms with Gasteiger partial charge in [-0.05, 0) is 18.2 Å². The molecule has 5 heteroatoms. The lowest BCUT2D eigenvalue weighted by atomic mass is 10.2. The van der Waals surface area contributed by atoms with Crippen molar-refractivity contribution in [2.45, 2.75) is 0 Å². The molecule has 0 bridgehead atoms. The van der Waals surface area contributed by atoms with Gasteiger partial charge in [-0.25, -0.2) is 9.36 Å². The van der Waals surface area contributed by atoms with E-state index in [1.165, 1.54) is 12.1 Å². The van der Waals surface area contributed by atoms with E-state index in [0.29, 0.717) is 21.2 Å². The highest BCUT2D eigenvalue weighted by atomic mass is 16.4. The Morgan fingerprint density at radius 3 is 2.67 bits per heavy atom. The van der Waals surface area contributed by atoms with Gasteiger partial charge in [0.2, 0.25) is 0 Å². The number of benzene rings is 1. The maximum absolute atomic E-state index is 11.3. The van der Waals surface area contributed by atoms with E-state index >= 15 is 0 Å². The van der Waals surface area contributed by atoms with Crippen LogP contribution in [-0.2, 0) is 0 Å². The fraction of sp³-hybridized carbons (Fsp3) is 0. The van der Waals surface area contributed by atoms with Crippen molar-refractivity contribution >= 4 is 22.7 Å². The van der Waals surface area contributed by atoms with Gasteiger partial charge in [0.1, 0.15) is 0 Å². The van der Waals surface area contributed by atoms with Gasteiger partial charge in [-0.15, -0.1) is 0 Å². The number of pyridine rings is 1. The fourth-order valence-electron chi connectivity index (χ4n) is 1.49. The first-order valence-corrected chi connectivity index (χ1v) is 4.25. The van der Waals surface area contributed by atoms with Crippen molar-refractivity contribution < 1.29 is 9.90 Å². The summed E-state index contributed by atoms with van der Waals surface area (Å²) in [5, 5.41) is 9.43. The van der Waals surface area contributed by atoms with Crippen LogP contribution in [0, 0.1) is 0 Å². The standard InChI is InChI=1S/C10H8N2O3/c11-7-2-1-3-8-6(7)4-5-9(13)12(8)10(14)15/h1-5H,11H2,(H,14,15). The number of nitrogens with two attached hydrogens (primary N) is 1. The zero-order valence-electron chi connectivity index (χ0n) is 7.68. The van der Waals surface area contributed by atoms with Gasteiger partial charge in [-0.3, -0.25) is 4.79 Å². The van der Waals surface area contributed by atoms with Crippen molar-refractivity contribution in [2.24, 2.45) is 0 Å². The van der Waals surface area contributed by atoms with Crippen LogP contribution >= 0.6 is 0 Å². The molecule has 2 rings (SSSR count). The van der Waals surface area contributed by atoms with E-state index in [0.717, 1.165) is 0 Å². The first-order chi connectivity index (χ1) is 7.11. The van der Waals surface area contributed by atoms with E-state index < -0.39 is 11.7 Å². The van der Waals surface area contributed by atoms with Crippen molar-refractivity contribution in [3.8, 4) is 0 Å². The molecular formula is C10H8N2O3. The van der Waals surface area contributed by atoms with Gasteiger partial charge < -0.3 is 10.8 Å². The summed E-state index contributed by atoms with van der Waals surface area (Å²) < 4.78 is 0.672. The van der Waals surface area contributed by atoms with Crippen molar-refractivity contribution in [3.05, 3.63) is 40.7 Å². The van der Waals surface area contributed by atoms with Crippen molar-refractivity contribution in [3.63, 3.8) is 0 Å². The molecule has 2 aromatic rings. The first kappa shape index (κ1) is 9.26. The highest BCUT2D eigenvalue weighted by molar-refractivity contribution is 5.94. The Morgan fingerprint density at radius 1 is 1.27 bits per heavy atom. The minimum Gasteiger partial charge on any atom is -0.464 e. The topological polar surface area (TPSA) is 85.3 Å². The second-order valence-electron chi connectivity index (χ2n) is 3.07. The molecule has 1 aromatic carbocycles. The van der Waals surface area contributed by atoms with Crippen LogP contribution < -0.4 is 11.3 Å². The summed E-state index contributed by atoms with van der Waals surface area (Å²) >= 11 is 0. The molecule has 0 amide bonds. The summed E-state index contributed by atoms with van der Waals surface area (Å²) in [5.41, 5.74) is 5.83. The highest BCUT2D eigenvalue weighted by Gasteiger charge is 2.09. The third-order valence-electron chi connectivity index (χ3n) is 2.16. The molecule has 0 spiro atoms. The summed E-state index contributed by atoms with van der Waals surface area (Å²) in [7, 11) is 0. The number of rotatable bonds is 0. The number of nitrogens with zero attached hydrogens (tertiary/aromatic N) is 1. The smallest absolute Gasteiger partial charge is 0.419 e. The van der Waals surface area contributed by atoms with Gasteiger partial charge in [0.05, 0.1) is 5.52 Å². The largest absolute Gasteiger partial charge is 0.464 e. The normalized spacial score (nSPS) is 10.4. The predicted molar refractivity (Wildman–Crippen MR) is 56.0 cm³/mol. The SMILES string of the molecule is Nc1cccc2c1ccc(=O)n2C(=O)O. The predicted octanol–water partition coefficient (Wildman–Crippen LogP) is 1.11. The molecule has 5 nitrogen and oxygen atoms in total. The van der Waals surface area contributed by atoms with Crippen LogP contribution in [0.3, 0.4) is 0 Å². The van der Waals surface area contributed by atoms with Gasteiger partial charge in [-0.2, -0.15) is 0 Å². The van der Waals surface area contributed by atoms with Crippen LogP contribution in [0.15, 0.2) is 35.1 Å². The number of aromatic nitrogens is 1. The molecule has 76 valence electrons. The first-order valence-electron chi connectivity index (χ1n) is 4.25. The lowest BCUT2D eigenvalue weighted by Gasteiger charge is -2.05. The molecule has 0 aliphatic carbocycles. The Balaban J connectivity index is 3.01. The van der Waals surface area contributed by atoms with Crippen LogP contribution in [0.1, 0.15) is 0 Å². The van der Waals surface area contributed by atoms with E-state index in [-0.39, 0.29) is 0 Å². The average Bonchev–Trinajstić information content (AvgIpc) is 2.17. The van der Waals surface area contributed by atoms with E-state index in [1.807, 2.05) is 0 Å². The van der Waals surface area contributed by atoms with Crippen LogP contribution in [0.2, 0.25) is 0 Å². The molecule has 1 heterocycles. The Kier molecular flexibility index (Phi) is 1.93. The van der Waals surface area contributed by atoms with Gasteiger partial charge in [0.25, 0.3) is 5.56 Å². The molecule has 1 aromatic heterocycles. The lowest BCUT2D eigenvalue weighted by molar-refractivity contribution is 0.196. The molecule has 0 fully saturated rings. The number of anilines is 1. The fourth-order valence-corrected chi connectivity index (χ4v) is 1.49. The van der Waals surface area contributed by atoms with E-state index in [9.17, 15) is 9.59 Å². The zero-order valence-corrected chi connectivity index (χ0v) is 7.68. The van der Waals surface area contributed by atoms with Crippen molar-refractivity contribution in [1.82, 2.24) is 4.57 Å². The van der Waals surface area contributed by atoms with Gasteiger partial charge in [0.15, 0.2) is 0 Å². The summed E-state index contributed by atoms with van der Waals surface area (Å²) in [6, 6.07) is 7.51. The molecule has 3 N–H and O–H groups in total. The minimum atomic E-state index is -1.31. The Hall–Kier alpha value is -2.30. The third kappa shape index (κ3) is 1.34. The molecule has 0 saturated carbocycles. The lowest BCUT2D eigenvalue weighted by Crippen LogP contribution is -2.25. The van der Waals surface area contributed by atoms with Gasteiger partial charge in [0, 0.05) is 17.1 Å². The number of nitrogen functional groups attached to an aromatic ring is 1. The number of fused-ring (bicyclic) bond motifs is 1. The van der Waals surface area contributed by atoms with Gasteiger partial charge >= 0.3 is 6.09 Å². The molecule has 0 unspecified atom stereocenters. The van der Waals surface area contributed by atoms with Crippen molar-refractivity contribution in [2.75, 3.05) is 5.73 Å². The van der Waals surface area contributed by atoms with E-state index in [1.54, 1.807) is 18.2 Å². The number of hydrogen-bond donors (Lipinski definition) is 2. The summed E-state index contributed by atoms with van der Waals surface area (Å²) in [5.74, 6) is 0. The van der Waals surface area contributed by atoms with Crippen molar-refractivity contribution in [1.29, 1.82) is 0 Å². The van der Waals surface area contributed by atoms with E-state index in [2.05, 4.69) is 0 Å². The summed E-state index contributed by atoms with van der Waals surface area (Å²) in [4.78, 5) is 22.2.